The molecule has 176 valence electrons. The third-order valence-electron chi connectivity index (χ3n) is 5.71. The van der Waals surface area contributed by atoms with Gasteiger partial charge in [0.15, 0.2) is 0 Å². The molecule has 1 aromatic heterocycles. The Kier molecular flexibility index (Phi) is 7.87. The van der Waals surface area contributed by atoms with E-state index >= 15 is 0 Å². The molecule has 1 aliphatic heterocycles. The highest BCUT2D eigenvalue weighted by molar-refractivity contribution is 7.09. The number of hydrogen-bond donors (Lipinski definition) is 1. The second-order valence-electron chi connectivity index (χ2n) is 8.15. The van der Waals surface area contributed by atoms with Crippen LogP contribution in [-0.2, 0) is 11.2 Å². The van der Waals surface area contributed by atoms with E-state index in [4.69, 9.17) is 16.6 Å². The van der Waals surface area contributed by atoms with Crippen molar-refractivity contribution in [3.8, 4) is 0 Å². The minimum absolute atomic E-state index is 0.0271. The number of nitro groups is 1. The summed E-state index contributed by atoms with van der Waals surface area (Å²) in [4.78, 5) is 29.4. The van der Waals surface area contributed by atoms with Gasteiger partial charge in [-0.25, -0.2) is 4.98 Å². The number of anilines is 1. The third kappa shape index (κ3) is 6.61. The molecule has 0 aliphatic carbocycles. The Morgan fingerprint density at radius 3 is 2.56 bits per heavy atom. The van der Waals surface area contributed by atoms with E-state index in [1.807, 2.05) is 24.3 Å². The fourth-order valence-corrected chi connectivity index (χ4v) is 4.60. The third-order valence-corrected chi connectivity index (χ3v) is 6.78. The lowest BCUT2D eigenvalue weighted by atomic mass is 9.97. The zero-order valence-electron chi connectivity index (χ0n) is 18.4. The molecule has 8 nitrogen and oxygen atoms in total. The molecule has 2 aromatic carbocycles. The number of halogens is 1. The quantitative estimate of drug-likeness (QED) is 0.274. The van der Waals surface area contributed by atoms with E-state index in [2.05, 4.69) is 14.6 Å². The Morgan fingerprint density at radius 2 is 1.88 bits per heavy atom. The molecule has 10 heteroatoms. The van der Waals surface area contributed by atoms with E-state index in [1.165, 1.54) is 29.7 Å². The Hall–Kier alpha value is -3.30. The minimum Gasteiger partial charge on any atom is -0.352 e. The first-order chi connectivity index (χ1) is 16.5. The largest absolute Gasteiger partial charge is 0.352 e. The zero-order chi connectivity index (χ0) is 23.9. The molecule has 0 atom stereocenters. The Balaban J connectivity index is 1.20. The number of carbonyl (C=O) groups excluding carboxylic acids is 1. The van der Waals surface area contributed by atoms with Crippen molar-refractivity contribution in [2.24, 2.45) is 5.92 Å². The highest BCUT2D eigenvalue weighted by Gasteiger charge is 2.22. The van der Waals surface area contributed by atoms with Crippen LogP contribution in [0.25, 0.3) is 6.08 Å². The van der Waals surface area contributed by atoms with Crippen molar-refractivity contribution >= 4 is 45.9 Å². The van der Waals surface area contributed by atoms with Gasteiger partial charge in [-0.1, -0.05) is 23.7 Å². The van der Waals surface area contributed by atoms with E-state index in [9.17, 15) is 14.9 Å². The molecule has 1 amide bonds. The van der Waals surface area contributed by atoms with Gasteiger partial charge < -0.3 is 10.2 Å². The first-order valence-corrected chi connectivity index (χ1v) is 12.1. The number of nitrogens with one attached hydrogen (secondary N) is 1. The molecule has 1 fully saturated rings. The molecule has 0 radical (unpaired) electrons. The zero-order valence-corrected chi connectivity index (χ0v) is 20.0. The normalized spacial score (nSPS) is 14.4. The van der Waals surface area contributed by atoms with Crippen LogP contribution in [0.3, 0.4) is 0 Å². The van der Waals surface area contributed by atoms with Gasteiger partial charge in [0.1, 0.15) is 5.82 Å². The van der Waals surface area contributed by atoms with Gasteiger partial charge >= 0.3 is 0 Å². The Bertz CT molecular complexity index is 1160. The minimum atomic E-state index is -0.448. The molecule has 1 aliphatic rings. The number of rotatable bonds is 8. The van der Waals surface area contributed by atoms with Gasteiger partial charge in [0.25, 0.3) is 5.69 Å². The van der Waals surface area contributed by atoms with E-state index in [0.717, 1.165) is 53.0 Å². The van der Waals surface area contributed by atoms with Crippen LogP contribution in [0, 0.1) is 16.0 Å². The predicted octanol–water partition coefficient (Wildman–Crippen LogP) is 4.74. The van der Waals surface area contributed by atoms with Crippen LogP contribution < -0.4 is 10.2 Å². The number of piperidine rings is 1. The summed E-state index contributed by atoms with van der Waals surface area (Å²) in [5.41, 5.74) is 1.90. The molecule has 1 saturated heterocycles. The first-order valence-electron chi connectivity index (χ1n) is 11.0. The summed E-state index contributed by atoms with van der Waals surface area (Å²) in [6.07, 6.45) is 5.74. The monoisotopic (exact) mass is 497 g/mol. The van der Waals surface area contributed by atoms with Crippen molar-refractivity contribution in [3.63, 3.8) is 0 Å². The maximum absolute atomic E-state index is 12.2. The second kappa shape index (κ2) is 11.2. The van der Waals surface area contributed by atoms with Crippen molar-refractivity contribution in [2.45, 2.75) is 19.3 Å². The van der Waals surface area contributed by atoms with Gasteiger partial charge in [0.05, 0.1) is 4.92 Å². The summed E-state index contributed by atoms with van der Waals surface area (Å²) >= 11 is 7.37. The van der Waals surface area contributed by atoms with Gasteiger partial charge in [-0.15, -0.1) is 0 Å². The van der Waals surface area contributed by atoms with Crippen LogP contribution in [0.15, 0.2) is 54.6 Å². The first kappa shape index (κ1) is 23.8. The van der Waals surface area contributed by atoms with Gasteiger partial charge in [-0.3, -0.25) is 14.9 Å². The number of nitrogens with zero attached hydrogens (tertiary/aromatic N) is 4. The summed E-state index contributed by atoms with van der Waals surface area (Å²) in [6, 6.07) is 13.8. The van der Waals surface area contributed by atoms with E-state index in [-0.39, 0.29) is 11.6 Å². The summed E-state index contributed by atoms with van der Waals surface area (Å²) < 4.78 is 4.50. The van der Waals surface area contributed by atoms with Crippen molar-refractivity contribution < 1.29 is 9.72 Å². The molecule has 4 rings (SSSR count). The van der Waals surface area contributed by atoms with Crippen LogP contribution in [0.2, 0.25) is 5.02 Å². The van der Waals surface area contributed by atoms with E-state index in [1.54, 1.807) is 18.2 Å². The van der Waals surface area contributed by atoms with Gasteiger partial charge in [-0.2, -0.15) is 4.37 Å². The van der Waals surface area contributed by atoms with Crippen LogP contribution in [-0.4, -0.2) is 39.8 Å². The number of non-ortho nitro benzene ring substituents is 1. The number of aromatic nitrogens is 2. The fourth-order valence-electron chi connectivity index (χ4n) is 3.74. The Morgan fingerprint density at radius 1 is 1.18 bits per heavy atom. The lowest BCUT2D eigenvalue weighted by Gasteiger charge is -2.31. The van der Waals surface area contributed by atoms with Gasteiger partial charge in [-0.05, 0) is 60.2 Å². The molecule has 2 heterocycles. The summed E-state index contributed by atoms with van der Waals surface area (Å²) in [5.74, 6) is 1.06. The van der Waals surface area contributed by atoms with Gasteiger partial charge in [0, 0.05) is 60.8 Å². The SMILES string of the molecule is O=C(C=Cc1ccc([N+](=O)[O-])cc1)NCC1CCN(c2nc(Cc3ccc(Cl)cc3)ns2)CC1. The van der Waals surface area contributed by atoms with E-state index < -0.39 is 4.92 Å². The van der Waals surface area contributed by atoms with Crippen molar-refractivity contribution in [2.75, 3.05) is 24.5 Å². The maximum atomic E-state index is 12.2. The molecular formula is C24H24ClN5O3S. The molecule has 0 spiro atoms. The highest BCUT2D eigenvalue weighted by atomic mass is 35.5. The van der Waals surface area contributed by atoms with Gasteiger partial charge in [0.2, 0.25) is 11.0 Å². The lowest BCUT2D eigenvalue weighted by Crippen LogP contribution is -2.38. The van der Waals surface area contributed by atoms with Crippen LogP contribution in [0.4, 0.5) is 10.8 Å². The lowest BCUT2D eigenvalue weighted by molar-refractivity contribution is -0.384. The number of nitro benzene ring substituents is 1. The van der Waals surface area contributed by atoms with Crippen molar-refractivity contribution in [3.05, 3.63) is 86.7 Å². The van der Waals surface area contributed by atoms with E-state index in [0.29, 0.717) is 18.9 Å². The van der Waals surface area contributed by atoms with Crippen molar-refractivity contribution in [1.29, 1.82) is 0 Å². The topological polar surface area (TPSA) is 101 Å². The van der Waals surface area contributed by atoms with Crippen LogP contribution in [0.1, 0.15) is 29.8 Å². The Labute approximate surface area is 206 Å². The molecule has 1 N–H and O–H groups in total. The number of amides is 1. The summed E-state index contributed by atoms with van der Waals surface area (Å²) in [5, 5.41) is 15.3. The average Bonchev–Trinajstić information content (AvgIpc) is 3.32. The maximum Gasteiger partial charge on any atom is 0.269 e. The molecule has 3 aromatic rings. The molecule has 0 bridgehead atoms. The predicted molar refractivity (Wildman–Crippen MR) is 134 cm³/mol. The highest BCUT2D eigenvalue weighted by Crippen LogP contribution is 2.25. The summed E-state index contributed by atoms with van der Waals surface area (Å²) in [7, 11) is 0. The number of hydrogen-bond acceptors (Lipinski definition) is 7. The molecule has 0 saturated carbocycles. The summed E-state index contributed by atoms with van der Waals surface area (Å²) in [6.45, 7) is 2.39. The standard InChI is InChI=1S/C24H24ClN5O3S/c25-20-6-1-18(2-7-20)15-22-27-24(34-28-22)29-13-11-19(12-14-29)16-26-23(31)10-5-17-3-8-21(9-4-17)30(32)33/h1-10,19H,11-16H2,(H,26,31). The fraction of sp³-hybridized carbons (Fsp3) is 0.292. The molecular weight excluding hydrogens is 474 g/mol. The van der Waals surface area contributed by atoms with Crippen LogP contribution >= 0.6 is 23.1 Å². The number of benzene rings is 2. The van der Waals surface area contributed by atoms with Crippen molar-refractivity contribution in [1.82, 2.24) is 14.7 Å². The molecule has 0 unspecified atom stereocenters. The molecule has 34 heavy (non-hydrogen) atoms. The smallest absolute Gasteiger partial charge is 0.269 e. The second-order valence-corrected chi connectivity index (χ2v) is 9.32. The number of carbonyl (C=O) groups is 1. The van der Waals surface area contributed by atoms with Crippen LogP contribution in [0.5, 0.6) is 0 Å². The average molecular weight is 498 g/mol.